The molecule has 17 heavy (non-hydrogen) atoms. The number of nitrogens with one attached hydrogen (secondary N) is 1. The molecule has 0 aliphatic heterocycles. The zero-order valence-corrected chi connectivity index (χ0v) is 14.4. The minimum absolute atomic E-state index is 0.0618. The summed E-state index contributed by atoms with van der Waals surface area (Å²) in [5.41, 5.74) is 0.420. The van der Waals surface area contributed by atoms with Crippen molar-refractivity contribution in [1.82, 2.24) is 5.32 Å². The topological polar surface area (TPSA) is 29.1 Å². The number of amides is 1. The Morgan fingerprint density at radius 1 is 1.59 bits per heavy atom. The van der Waals surface area contributed by atoms with Crippen LogP contribution in [0, 0.1) is 0 Å². The van der Waals surface area contributed by atoms with Crippen LogP contribution in [0.1, 0.15) is 37.0 Å². The van der Waals surface area contributed by atoms with Crippen molar-refractivity contribution in [3.05, 3.63) is 19.2 Å². The molecule has 0 bridgehead atoms. The van der Waals surface area contributed by atoms with E-state index in [4.69, 9.17) is 11.6 Å². The minimum atomic E-state index is -0.243. The molecule has 1 rings (SSSR count). The molecule has 0 saturated heterocycles. The largest absolute Gasteiger partial charge is 0.347 e. The van der Waals surface area contributed by atoms with Gasteiger partial charge in [-0.05, 0) is 57.7 Å². The van der Waals surface area contributed by atoms with Gasteiger partial charge in [0.15, 0.2) is 0 Å². The fourth-order valence-corrected chi connectivity index (χ4v) is 4.58. The van der Waals surface area contributed by atoms with Gasteiger partial charge in [0.1, 0.15) is 0 Å². The summed E-state index contributed by atoms with van der Waals surface area (Å²) in [6, 6.07) is 1.82. The predicted molar refractivity (Wildman–Crippen MR) is 81.2 cm³/mol. The Bertz CT molecular complexity index is 410. The second-order valence-electron chi connectivity index (χ2n) is 4.05. The number of rotatable bonds is 5. The average Bonchev–Trinajstić information content (AvgIpc) is 2.58. The van der Waals surface area contributed by atoms with Crippen LogP contribution in [0.15, 0.2) is 13.6 Å². The van der Waals surface area contributed by atoms with Crippen molar-refractivity contribution in [3.8, 4) is 0 Å². The Morgan fingerprint density at radius 2 is 2.24 bits per heavy atom. The fraction of sp³-hybridized carbons (Fsp3) is 0.545. The Morgan fingerprint density at radius 3 is 2.65 bits per heavy atom. The fourth-order valence-electron chi connectivity index (χ4n) is 1.37. The van der Waals surface area contributed by atoms with Crippen molar-refractivity contribution < 1.29 is 4.79 Å². The highest BCUT2D eigenvalue weighted by atomic mass is 79.9. The second kappa shape index (κ2) is 6.55. The van der Waals surface area contributed by atoms with Gasteiger partial charge in [-0.1, -0.05) is 6.92 Å². The molecule has 0 spiro atoms. The van der Waals surface area contributed by atoms with Gasteiger partial charge < -0.3 is 5.32 Å². The van der Waals surface area contributed by atoms with E-state index >= 15 is 0 Å². The van der Waals surface area contributed by atoms with Gasteiger partial charge in [0.25, 0.3) is 5.91 Å². The summed E-state index contributed by atoms with van der Waals surface area (Å²) in [4.78, 5) is 12.1. The van der Waals surface area contributed by atoms with Gasteiger partial charge in [0, 0.05) is 11.4 Å². The van der Waals surface area contributed by atoms with Gasteiger partial charge in [0.2, 0.25) is 0 Å². The van der Waals surface area contributed by atoms with Gasteiger partial charge in [-0.3, -0.25) is 4.79 Å². The molecule has 0 fully saturated rings. The van der Waals surface area contributed by atoms with E-state index in [1.807, 2.05) is 19.9 Å². The zero-order valence-electron chi connectivity index (χ0n) is 9.65. The molecule has 1 aromatic heterocycles. The monoisotopic (exact) mass is 401 g/mol. The molecule has 1 heterocycles. The number of hydrogen-bond acceptors (Lipinski definition) is 2. The summed E-state index contributed by atoms with van der Waals surface area (Å²) in [6.45, 7) is 4.06. The molecule has 96 valence electrons. The molecule has 1 aromatic rings. The van der Waals surface area contributed by atoms with Crippen LogP contribution in [0.2, 0.25) is 0 Å². The van der Waals surface area contributed by atoms with Crippen molar-refractivity contribution in [2.45, 2.75) is 32.2 Å². The number of carbonyl (C=O) groups is 1. The van der Waals surface area contributed by atoms with Crippen LogP contribution in [0.3, 0.4) is 0 Å². The summed E-state index contributed by atoms with van der Waals surface area (Å²) in [7, 11) is 0. The summed E-state index contributed by atoms with van der Waals surface area (Å²) < 4.78 is 1.77. The van der Waals surface area contributed by atoms with E-state index in [-0.39, 0.29) is 11.4 Å². The first-order chi connectivity index (χ1) is 7.91. The van der Waals surface area contributed by atoms with Crippen LogP contribution < -0.4 is 5.32 Å². The lowest BCUT2D eigenvalue weighted by molar-refractivity contribution is 0.0901. The molecule has 0 aliphatic carbocycles. The maximum atomic E-state index is 12.1. The summed E-state index contributed by atoms with van der Waals surface area (Å²) >= 11 is 14.0. The molecule has 1 amide bonds. The molecule has 0 radical (unpaired) electrons. The van der Waals surface area contributed by atoms with Gasteiger partial charge in [-0.2, -0.15) is 0 Å². The Labute approximate surface area is 127 Å². The highest BCUT2D eigenvalue weighted by Gasteiger charge is 2.25. The predicted octanol–water partition coefficient (Wildman–Crippen LogP) is 4.80. The van der Waals surface area contributed by atoms with E-state index in [1.165, 1.54) is 11.3 Å². The molecule has 0 aliphatic rings. The molecule has 0 aromatic carbocycles. The molecule has 1 atom stereocenters. The van der Waals surface area contributed by atoms with Crippen LogP contribution in [0.4, 0.5) is 0 Å². The van der Waals surface area contributed by atoms with Crippen molar-refractivity contribution in [2.75, 3.05) is 5.88 Å². The summed E-state index contributed by atoms with van der Waals surface area (Å²) in [6.07, 6.45) is 1.62. The molecule has 0 saturated carbocycles. The highest BCUT2D eigenvalue weighted by Crippen LogP contribution is 2.32. The molecule has 1 unspecified atom stereocenters. The Kier molecular flexibility index (Phi) is 5.96. The van der Waals surface area contributed by atoms with Gasteiger partial charge in [-0.25, -0.2) is 0 Å². The van der Waals surface area contributed by atoms with Gasteiger partial charge in [-0.15, -0.1) is 22.9 Å². The van der Waals surface area contributed by atoms with Crippen LogP contribution >= 0.6 is 54.8 Å². The van der Waals surface area contributed by atoms with Crippen molar-refractivity contribution in [2.24, 2.45) is 0 Å². The SMILES string of the molecule is CCC(C)(CCCl)NC(=O)c1cc(Br)sc1Br. The van der Waals surface area contributed by atoms with Gasteiger partial charge in [0.05, 0.1) is 13.1 Å². The minimum Gasteiger partial charge on any atom is -0.347 e. The smallest absolute Gasteiger partial charge is 0.253 e. The molecule has 6 heteroatoms. The second-order valence-corrected chi connectivity index (χ2v) is 8.17. The lowest BCUT2D eigenvalue weighted by Gasteiger charge is -2.28. The maximum Gasteiger partial charge on any atom is 0.253 e. The zero-order chi connectivity index (χ0) is 13.1. The van der Waals surface area contributed by atoms with E-state index < -0.39 is 0 Å². The summed E-state index contributed by atoms with van der Waals surface area (Å²) in [5, 5.41) is 3.05. The number of halogens is 3. The molecule has 2 nitrogen and oxygen atoms in total. The van der Waals surface area contributed by atoms with Crippen molar-refractivity contribution >= 4 is 60.7 Å². The first kappa shape index (κ1) is 15.5. The third-order valence-corrected chi connectivity index (χ3v) is 5.27. The Balaban J connectivity index is 2.81. The number of hydrogen-bond donors (Lipinski definition) is 1. The quantitative estimate of drug-likeness (QED) is 0.703. The molecular formula is C11H14Br2ClNOS. The average molecular weight is 404 g/mol. The van der Waals surface area contributed by atoms with Crippen molar-refractivity contribution in [1.29, 1.82) is 0 Å². The van der Waals surface area contributed by atoms with E-state index in [9.17, 15) is 4.79 Å². The van der Waals surface area contributed by atoms with Crippen LogP contribution in [-0.2, 0) is 0 Å². The van der Waals surface area contributed by atoms with Crippen LogP contribution in [0.5, 0.6) is 0 Å². The van der Waals surface area contributed by atoms with Gasteiger partial charge >= 0.3 is 0 Å². The lowest BCUT2D eigenvalue weighted by atomic mass is 9.95. The first-order valence-electron chi connectivity index (χ1n) is 5.25. The number of alkyl halides is 1. The molecular weight excluding hydrogens is 389 g/mol. The standard InChI is InChI=1S/C11H14Br2ClNOS/c1-3-11(2,4-5-14)15-10(16)7-6-8(12)17-9(7)13/h6H,3-5H2,1-2H3,(H,15,16). The lowest BCUT2D eigenvalue weighted by Crippen LogP contribution is -2.45. The third kappa shape index (κ3) is 4.23. The number of thiophene rings is 1. The Hall–Kier alpha value is 0.420. The van der Waals surface area contributed by atoms with E-state index in [0.717, 1.165) is 20.4 Å². The van der Waals surface area contributed by atoms with Crippen LogP contribution in [-0.4, -0.2) is 17.3 Å². The number of carbonyl (C=O) groups excluding carboxylic acids is 1. The maximum absolute atomic E-state index is 12.1. The first-order valence-corrected chi connectivity index (χ1v) is 8.19. The summed E-state index contributed by atoms with van der Waals surface area (Å²) in [5.74, 6) is 0.479. The van der Waals surface area contributed by atoms with E-state index in [2.05, 4.69) is 37.2 Å². The van der Waals surface area contributed by atoms with Crippen molar-refractivity contribution in [3.63, 3.8) is 0 Å². The van der Waals surface area contributed by atoms with E-state index in [0.29, 0.717) is 11.4 Å². The molecule has 1 N–H and O–H groups in total. The van der Waals surface area contributed by atoms with E-state index in [1.54, 1.807) is 0 Å². The normalized spacial score (nSPS) is 14.4. The van der Waals surface area contributed by atoms with Crippen LogP contribution in [0.25, 0.3) is 0 Å². The third-order valence-electron chi connectivity index (χ3n) is 2.74. The highest BCUT2D eigenvalue weighted by molar-refractivity contribution is 9.12.